The number of rotatable bonds is 12. The van der Waals surface area contributed by atoms with Gasteiger partial charge in [0.2, 0.25) is 0 Å². The smallest absolute Gasteiger partial charge is 0.165 e. The van der Waals surface area contributed by atoms with Crippen molar-refractivity contribution in [2.45, 2.75) is 44.3 Å². The first-order chi connectivity index (χ1) is 15.6. The molecule has 1 aliphatic heterocycles. The Morgan fingerprint density at radius 1 is 1.00 bits per heavy atom. The summed E-state index contributed by atoms with van der Waals surface area (Å²) in [6.45, 7) is 4.50. The van der Waals surface area contributed by atoms with Crippen molar-refractivity contribution in [3.8, 4) is 5.75 Å². The fourth-order valence-electron chi connectivity index (χ4n) is 4.18. The summed E-state index contributed by atoms with van der Waals surface area (Å²) < 4.78 is 33.0. The molecule has 1 fully saturated rings. The van der Waals surface area contributed by atoms with Crippen LogP contribution in [-0.4, -0.2) is 67.5 Å². The predicted molar refractivity (Wildman–Crippen MR) is 124 cm³/mol. The molecule has 3 rings (SSSR count). The lowest BCUT2D eigenvalue weighted by atomic mass is 9.89. The van der Waals surface area contributed by atoms with Gasteiger partial charge < -0.3 is 19.6 Å². The molecule has 0 aromatic heterocycles. The number of hydrogen-bond acceptors (Lipinski definition) is 4. The van der Waals surface area contributed by atoms with Gasteiger partial charge in [-0.05, 0) is 43.1 Å². The van der Waals surface area contributed by atoms with E-state index in [9.17, 15) is 13.9 Å². The number of alkyl halides is 1. The van der Waals surface area contributed by atoms with E-state index in [-0.39, 0.29) is 18.3 Å². The molecule has 6 heteroatoms. The molecule has 1 saturated heterocycles. The van der Waals surface area contributed by atoms with Crippen LogP contribution in [0.4, 0.5) is 8.78 Å². The average molecular weight is 447 g/mol. The van der Waals surface area contributed by atoms with Crippen molar-refractivity contribution < 1.29 is 18.6 Å². The molecule has 0 bridgehead atoms. The highest BCUT2D eigenvalue weighted by Crippen LogP contribution is 2.29. The van der Waals surface area contributed by atoms with E-state index in [2.05, 4.69) is 16.8 Å². The minimum Gasteiger partial charge on any atom is -0.486 e. The van der Waals surface area contributed by atoms with E-state index in [0.717, 1.165) is 50.1 Å². The van der Waals surface area contributed by atoms with Gasteiger partial charge in [-0.1, -0.05) is 49.2 Å². The van der Waals surface area contributed by atoms with Gasteiger partial charge in [-0.2, -0.15) is 0 Å². The first-order valence-corrected chi connectivity index (χ1v) is 11.7. The Morgan fingerprint density at radius 3 is 2.44 bits per heavy atom. The maximum absolute atomic E-state index is 14.9. The van der Waals surface area contributed by atoms with Crippen LogP contribution in [0, 0.1) is 5.82 Å². The van der Waals surface area contributed by atoms with Gasteiger partial charge in [0.15, 0.2) is 11.6 Å². The van der Waals surface area contributed by atoms with Crippen LogP contribution in [0.25, 0.3) is 0 Å². The van der Waals surface area contributed by atoms with Crippen molar-refractivity contribution in [2.75, 3.05) is 46.4 Å². The topological polar surface area (TPSA) is 35.9 Å². The quantitative estimate of drug-likeness (QED) is 0.483. The number of unbranched alkanes of at least 4 members (excludes halogenated alkanes) is 2. The fourth-order valence-corrected chi connectivity index (χ4v) is 4.18. The number of aliphatic hydroxyl groups excluding tert-OH is 1. The van der Waals surface area contributed by atoms with E-state index in [1.807, 2.05) is 36.4 Å². The number of nitrogens with zero attached hydrogens (tertiary/aromatic N) is 2. The molecule has 0 aliphatic carbocycles. The highest BCUT2D eigenvalue weighted by atomic mass is 19.1. The second-order valence-electron chi connectivity index (χ2n) is 8.78. The lowest BCUT2D eigenvalue weighted by Gasteiger charge is -2.36. The summed E-state index contributed by atoms with van der Waals surface area (Å²) in [6.07, 6.45) is 2.05. The highest BCUT2D eigenvalue weighted by Gasteiger charge is 2.26. The summed E-state index contributed by atoms with van der Waals surface area (Å²) in [6, 6.07) is 14.7. The average Bonchev–Trinajstić information content (AvgIpc) is 2.81. The minimum atomic E-state index is -0.593. The fraction of sp³-hybridized carbons (Fsp3) is 0.538. The molecular formula is C26H36F2N2O2. The van der Waals surface area contributed by atoms with Crippen LogP contribution in [0.2, 0.25) is 0 Å². The summed E-state index contributed by atoms with van der Waals surface area (Å²) in [5, 5.41) is 11.0. The van der Waals surface area contributed by atoms with Crippen molar-refractivity contribution in [3.05, 3.63) is 65.5 Å². The molecule has 176 valence electrons. The zero-order valence-corrected chi connectivity index (χ0v) is 19.1. The lowest BCUT2D eigenvalue weighted by Crippen LogP contribution is -2.46. The second kappa shape index (κ2) is 12.9. The third-order valence-corrected chi connectivity index (χ3v) is 6.27. The minimum absolute atomic E-state index is 0.193. The van der Waals surface area contributed by atoms with E-state index in [0.29, 0.717) is 26.0 Å². The number of likely N-dealkylation sites (N-methyl/N-ethyl adjacent to an activating group) is 1. The second-order valence-corrected chi connectivity index (χ2v) is 8.78. The van der Waals surface area contributed by atoms with Gasteiger partial charge in [0.25, 0.3) is 0 Å². The number of halogens is 2. The van der Waals surface area contributed by atoms with Crippen LogP contribution < -0.4 is 4.74 Å². The van der Waals surface area contributed by atoms with E-state index in [1.165, 1.54) is 6.07 Å². The Balaban J connectivity index is 1.68. The molecule has 32 heavy (non-hydrogen) atoms. The predicted octanol–water partition coefficient (Wildman–Crippen LogP) is 4.63. The lowest BCUT2D eigenvalue weighted by molar-refractivity contribution is 0.0861. The van der Waals surface area contributed by atoms with Crippen molar-refractivity contribution in [1.29, 1.82) is 0 Å². The monoisotopic (exact) mass is 446 g/mol. The Hall–Kier alpha value is -2.02. The van der Waals surface area contributed by atoms with Crippen LogP contribution in [0.3, 0.4) is 0 Å². The maximum atomic E-state index is 14.9. The van der Waals surface area contributed by atoms with E-state index in [1.54, 1.807) is 6.07 Å². The van der Waals surface area contributed by atoms with E-state index in [4.69, 9.17) is 4.74 Å². The number of benzene rings is 2. The van der Waals surface area contributed by atoms with Gasteiger partial charge in [0.1, 0.15) is 6.61 Å². The first kappa shape index (κ1) is 24.6. The zero-order chi connectivity index (χ0) is 22.8. The summed E-state index contributed by atoms with van der Waals surface area (Å²) in [5.41, 5.74) is 1.76. The Bertz CT molecular complexity index is 798. The standard InChI is InChI=1S/C26H36F2N2O2/c1-29-14-16-30(17-15-29)19-23(25(31)10-6-3-7-13-27)22-11-12-26(24(28)18-22)32-20-21-8-4-2-5-9-21/h2,4-5,8-9,11-12,18,23,25,31H,3,6-7,10,13-17,19-20H2,1H3. The van der Waals surface area contributed by atoms with E-state index >= 15 is 0 Å². The van der Waals surface area contributed by atoms with Crippen LogP contribution >= 0.6 is 0 Å². The molecule has 1 heterocycles. The Labute approximate surface area is 190 Å². The molecule has 4 nitrogen and oxygen atoms in total. The maximum Gasteiger partial charge on any atom is 0.165 e. The zero-order valence-electron chi connectivity index (χ0n) is 19.1. The number of ether oxygens (including phenoxy) is 1. The van der Waals surface area contributed by atoms with Crippen LogP contribution in [0.1, 0.15) is 42.7 Å². The molecule has 2 aromatic carbocycles. The van der Waals surface area contributed by atoms with Gasteiger partial charge in [-0.3, -0.25) is 4.39 Å². The highest BCUT2D eigenvalue weighted by molar-refractivity contribution is 5.32. The summed E-state index contributed by atoms with van der Waals surface area (Å²) in [4.78, 5) is 4.63. The molecule has 0 amide bonds. The Kier molecular flexibility index (Phi) is 9.90. The van der Waals surface area contributed by atoms with Crippen molar-refractivity contribution in [3.63, 3.8) is 0 Å². The molecule has 1 aliphatic rings. The largest absolute Gasteiger partial charge is 0.486 e. The van der Waals surface area contributed by atoms with Gasteiger partial charge in [0, 0.05) is 38.6 Å². The Morgan fingerprint density at radius 2 is 1.75 bits per heavy atom. The third-order valence-electron chi connectivity index (χ3n) is 6.27. The van der Waals surface area contributed by atoms with Gasteiger partial charge in [0.05, 0.1) is 12.8 Å². The molecule has 2 aromatic rings. The molecule has 2 atom stereocenters. The number of hydrogen-bond donors (Lipinski definition) is 1. The molecule has 2 unspecified atom stereocenters. The number of aliphatic hydroxyl groups is 1. The first-order valence-electron chi connectivity index (χ1n) is 11.7. The van der Waals surface area contributed by atoms with Crippen LogP contribution in [0.15, 0.2) is 48.5 Å². The molecule has 0 saturated carbocycles. The normalized spacial score (nSPS) is 17.2. The van der Waals surface area contributed by atoms with Crippen molar-refractivity contribution >= 4 is 0 Å². The molecular weight excluding hydrogens is 410 g/mol. The SMILES string of the molecule is CN1CCN(CC(c2ccc(OCc3ccccc3)c(F)c2)C(O)CCCCCF)CC1. The van der Waals surface area contributed by atoms with Crippen LogP contribution in [0.5, 0.6) is 5.75 Å². The summed E-state index contributed by atoms with van der Waals surface area (Å²) in [7, 11) is 2.11. The summed E-state index contributed by atoms with van der Waals surface area (Å²) >= 11 is 0. The van der Waals surface area contributed by atoms with Crippen LogP contribution in [-0.2, 0) is 6.61 Å². The molecule has 0 spiro atoms. The molecule has 1 N–H and O–H groups in total. The third kappa shape index (κ3) is 7.54. The van der Waals surface area contributed by atoms with Crippen molar-refractivity contribution in [2.24, 2.45) is 0 Å². The molecule has 0 radical (unpaired) electrons. The summed E-state index contributed by atoms with van der Waals surface area (Å²) in [5.74, 6) is -0.388. The van der Waals surface area contributed by atoms with Gasteiger partial charge >= 0.3 is 0 Å². The number of piperazine rings is 1. The van der Waals surface area contributed by atoms with Crippen molar-refractivity contribution in [1.82, 2.24) is 9.80 Å². The van der Waals surface area contributed by atoms with Gasteiger partial charge in [-0.15, -0.1) is 0 Å². The van der Waals surface area contributed by atoms with Gasteiger partial charge in [-0.25, -0.2) is 4.39 Å². The van der Waals surface area contributed by atoms with E-state index < -0.39 is 11.9 Å².